The number of fused-ring (bicyclic) bond motifs is 1. The Balaban J connectivity index is 2.31. The van der Waals surface area contributed by atoms with E-state index in [1.165, 1.54) is 7.11 Å². The van der Waals surface area contributed by atoms with E-state index in [2.05, 4.69) is 49.8 Å². The lowest BCUT2D eigenvalue weighted by molar-refractivity contribution is -0.140. The molecular weight excluding hydrogens is 356 g/mol. The number of methoxy groups -OCH3 is 1. The Hall–Kier alpha value is -2.44. The predicted molar refractivity (Wildman–Crippen MR) is 110 cm³/mol. The maximum Gasteiger partial charge on any atom is 0.305 e. The van der Waals surface area contributed by atoms with Crippen LogP contribution in [-0.4, -0.2) is 40.3 Å². The van der Waals surface area contributed by atoms with Crippen molar-refractivity contribution in [2.24, 2.45) is 0 Å². The number of hydrogen-bond acceptors (Lipinski definition) is 5. The zero-order chi connectivity index (χ0) is 21.1. The third-order valence-electron chi connectivity index (χ3n) is 4.63. The van der Waals surface area contributed by atoms with Crippen molar-refractivity contribution >= 4 is 22.9 Å². The van der Waals surface area contributed by atoms with E-state index in [4.69, 9.17) is 4.98 Å². The van der Waals surface area contributed by atoms with E-state index in [-0.39, 0.29) is 23.3 Å². The van der Waals surface area contributed by atoms with Crippen LogP contribution < -0.4 is 5.32 Å². The van der Waals surface area contributed by atoms with E-state index < -0.39 is 0 Å². The first kappa shape index (κ1) is 21.9. The highest BCUT2D eigenvalue weighted by molar-refractivity contribution is 6.06. The normalized spacial score (nSPS) is 11.9. The van der Waals surface area contributed by atoms with Crippen LogP contribution in [0.15, 0.2) is 6.07 Å². The van der Waals surface area contributed by atoms with E-state index in [0.29, 0.717) is 31.4 Å². The molecular formula is C21H32N4O3. The summed E-state index contributed by atoms with van der Waals surface area (Å²) in [5.41, 5.74) is 2.77. The number of pyridine rings is 1. The van der Waals surface area contributed by atoms with Crippen LogP contribution in [0.2, 0.25) is 0 Å². The highest BCUT2D eigenvalue weighted by Gasteiger charge is 2.25. The minimum absolute atomic E-state index is 0.135. The number of esters is 1. The predicted octanol–water partition coefficient (Wildman–Crippen LogP) is 3.69. The van der Waals surface area contributed by atoms with E-state index in [1.807, 2.05) is 17.7 Å². The van der Waals surface area contributed by atoms with E-state index in [9.17, 15) is 9.59 Å². The molecule has 2 heterocycles. The third-order valence-corrected chi connectivity index (χ3v) is 4.63. The molecule has 1 amide bonds. The molecule has 2 aromatic heterocycles. The first-order chi connectivity index (χ1) is 13.1. The quantitative estimate of drug-likeness (QED) is 0.577. The van der Waals surface area contributed by atoms with Crippen molar-refractivity contribution in [3.63, 3.8) is 0 Å². The Kier molecular flexibility index (Phi) is 6.80. The number of amides is 1. The van der Waals surface area contributed by atoms with Crippen molar-refractivity contribution in [2.45, 2.75) is 72.3 Å². The molecule has 0 unspecified atom stereocenters. The Morgan fingerprint density at radius 1 is 1.25 bits per heavy atom. The second kappa shape index (κ2) is 8.71. The minimum Gasteiger partial charge on any atom is -0.469 e. The number of unbranched alkanes of at least 4 members (excludes halogenated alkanes) is 1. The van der Waals surface area contributed by atoms with Crippen molar-refractivity contribution in [1.29, 1.82) is 0 Å². The lowest BCUT2D eigenvalue weighted by Gasteiger charge is -2.20. The van der Waals surface area contributed by atoms with Crippen LogP contribution in [0.25, 0.3) is 11.0 Å². The molecule has 0 aliphatic carbocycles. The number of nitrogens with zero attached hydrogens (tertiary/aromatic N) is 3. The molecule has 28 heavy (non-hydrogen) atoms. The van der Waals surface area contributed by atoms with Crippen molar-refractivity contribution < 1.29 is 14.3 Å². The van der Waals surface area contributed by atoms with Gasteiger partial charge >= 0.3 is 5.97 Å². The van der Waals surface area contributed by atoms with Crippen LogP contribution in [-0.2, 0) is 15.1 Å². The summed E-state index contributed by atoms with van der Waals surface area (Å²) in [6, 6.07) is 1.87. The maximum atomic E-state index is 12.9. The number of nitrogens with one attached hydrogen (secondary N) is 1. The highest BCUT2D eigenvalue weighted by Crippen LogP contribution is 2.28. The number of aryl methyl sites for hydroxylation is 1. The lowest BCUT2D eigenvalue weighted by atomic mass is 10.0. The molecule has 7 heteroatoms. The van der Waals surface area contributed by atoms with Gasteiger partial charge in [-0.05, 0) is 52.5 Å². The Bertz CT molecular complexity index is 863. The van der Waals surface area contributed by atoms with E-state index in [0.717, 1.165) is 22.4 Å². The molecule has 154 valence electrons. The summed E-state index contributed by atoms with van der Waals surface area (Å²) >= 11 is 0. The molecule has 0 fully saturated rings. The van der Waals surface area contributed by atoms with Gasteiger partial charge in [-0.2, -0.15) is 5.10 Å². The van der Waals surface area contributed by atoms with Crippen LogP contribution in [0.5, 0.6) is 0 Å². The Labute approximate surface area is 166 Å². The zero-order valence-electron chi connectivity index (χ0n) is 18.0. The van der Waals surface area contributed by atoms with Gasteiger partial charge in [0, 0.05) is 18.7 Å². The smallest absolute Gasteiger partial charge is 0.305 e. The molecule has 0 saturated heterocycles. The molecule has 0 saturated carbocycles. The monoisotopic (exact) mass is 388 g/mol. The summed E-state index contributed by atoms with van der Waals surface area (Å²) < 4.78 is 6.53. The van der Waals surface area contributed by atoms with Crippen LogP contribution in [0.1, 0.15) is 81.5 Å². The largest absolute Gasteiger partial charge is 0.469 e. The van der Waals surface area contributed by atoms with Crippen LogP contribution in [0.3, 0.4) is 0 Å². The second-order valence-corrected chi connectivity index (χ2v) is 8.41. The van der Waals surface area contributed by atoms with Crippen molar-refractivity contribution in [2.75, 3.05) is 13.7 Å². The zero-order valence-corrected chi connectivity index (χ0v) is 18.0. The van der Waals surface area contributed by atoms with Gasteiger partial charge in [0.1, 0.15) is 0 Å². The highest BCUT2D eigenvalue weighted by atomic mass is 16.5. The topological polar surface area (TPSA) is 86.1 Å². The first-order valence-corrected chi connectivity index (χ1v) is 9.82. The Morgan fingerprint density at radius 3 is 2.50 bits per heavy atom. The van der Waals surface area contributed by atoms with Gasteiger partial charge in [0.05, 0.1) is 29.3 Å². The standard InChI is InChI=1S/C21H32N4O3/c1-13(2)16-12-15(20(27)22-11-9-8-10-17(26)28-7)18-14(3)24-25(19(18)23-16)21(4,5)6/h12-13H,8-11H2,1-7H3,(H,22,27). The van der Waals surface area contributed by atoms with Gasteiger partial charge in [-0.1, -0.05) is 13.8 Å². The molecule has 0 aromatic carbocycles. The maximum absolute atomic E-state index is 12.9. The number of carbonyl (C=O) groups is 2. The van der Waals surface area contributed by atoms with Gasteiger partial charge in [0.25, 0.3) is 5.91 Å². The van der Waals surface area contributed by atoms with Gasteiger partial charge in [-0.25, -0.2) is 9.67 Å². The molecule has 0 atom stereocenters. The number of aromatic nitrogens is 3. The molecule has 0 aliphatic heterocycles. The van der Waals surface area contributed by atoms with Gasteiger partial charge in [0.2, 0.25) is 0 Å². The minimum atomic E-state index is -0.239. The molecule has 0 aliphatic rings. The van der Waals surface area contributed by atoms with Crippen molar-refractivity contribution in [3.05, 3.63) is 23.0 Å². The summed E-state index contributed by atoms with van der Waals surface area (Å²) in [6.45, 7) is 12.8. The van der Waals surface area contributed by atoms with Crippen molar-refractivity contribution in [3.8, 4) is 0 Å². The molecule has 2 aromatic rings. The van der Waals surface area contributed by atoms with Crippen molar-refractivity contribution in [1.82, 2.24) is 20.1 Å². The number of ether oxygens (including phenoxy) is 1. The summed E-state index contributed by atoms with van der Waals surface area (Å²) in [5.74, 6) is -0.169. The fraction of sp³-hybridized carbons (Fsp3) is 0.619. The molecule has 0 spiro atoms. The van der Waals surface area contributed by atoms with Gasteiger partial charge in [0.15, 0.2) is 5.65 Å². The SMILES string of the molecule is COC(=O)CCCCNC(=O)c1cc(C(C)C)nc2c1c(C)nn2C(C)(C)C. The molecule has 1 N–H and O–H groups in total. The Morgan fingerprint density at radius 2 is 1.93 bits per heavy atom. The second-order valence-electron chi connectivity index (χ2n) is 8.41. The fourth-order valence-corrected chi connectivity index (χ4v) is 3.04. The molecule has 0 bridgehead atoms. The molecule has 0 radical (unpaired) electrons. The average Bonchev–Trinajstić information content (AvgIpc) is 2.97. The van der Waals surface area contributed by atoms with Gasteiger partial charge < -0.3 is 10.1 Å². The summed E-state index contributed by atoms with van der Waals surface area (Å²) in [7, 11) is 1.38. The molecule has 7 nitrogen and oxygen atoms in total. The van der Waals surface area contributed by atoms with Crippen LogP contribution in [0.4, 0.5) is 0 Å². The number of rotatable bonds is 7. The summed E-state index contributed by atoms with van der Waals surface area (Å²) in [6.07, 6.45) is 1.75. The number of hydrogen-bond donors (Lipinski definition) is 1. The lowest BCUT2D eigenvalue weighted by Crippen LogP contribution is -2.26. The molecule has 2 rings (SSSR count). The van der Waals surface area contributed by atoms with E-state index in [1.54, 1.807) is 0 Å². The fourth-order valence-electron chi connectivity index (χ4n) is 3.04. The van der Waals surface area contributed by atoms with Crippen LogP contribution >= 0.6 is 0 Å². The van der Waals surface area contributed by atoms with Gasteiger partial charge in [-0.3, -0.25) is 9.59 Å². The summed E-state index contributed by atoms with van der Waals surface area (Å²) in [5, 5.41) is 8.43. The van der Waals surface area contributed by atoms with E-state index >= 15 is 0 Å². The first-order valence-electron chi connectivity index (χ1n) is 9.82. The number of carbonyl (C=O) groups excluding carboxylic acids is 2. The third kappa shape index (κ3) is 4.88. The summed E-state index contributed by atoms with van der Waals surface area (Å²) in [4.78, 5) is 28.9. The van der Waals surface area contributed by atoms with Crippen LogP contribution in [0, 0.1) is 6.92 Å². The average molecular weight is 389 g/mol. The van der Waals surface area contributed by atoms with Gasteiger partial charge in [-0.15, -0.1) is 0 Å².